The number of amides is 1. The zero-order chi connectivity index (χ0) is 14.0. The number of carbonyl (C=O) groups is 2. The van der Waals surface area contributed by atoms with E-state index < -0.39 is 11.9 Å². The smallest absolute Gasteiger partial charge is 0.356 e. The number of rotatable bonds is 5. The van der Waals surface area contributed by atoms with Crippen molar-refractivity contribution in [2.75, 3.05) is 6.54 Å². The Morgan fingerprint density at radius 3 is 2.79 bits per heavy atom. The molecule has 7 nitrogen and oxygen atoms in total. The summed E-state index contributed by atoms with van der Waals surface area (Å²) in [7, 11) is 0. The summed E-state index contributed by atoms with van der Waals surface area (Å²) in [6.07, 6.45) is 3.31. The molecule has 0 radical (unpaired) electrons. The van der Waals surface area contributed by atoms with Gasteiger partial charge in [-0.3, -0.25) is 9.48 Å². The number of aromatic nitrogens is 2. The van der Waals surface area contributed by atoms with Crippen molar-refractivity contribution in [1.29, 1.82) is 0 Å². The van der Waals surface area contributed by atoms with Gasteiger partial charge < -0.3 is 16.6 Å². The molecule has 0 saturated heterocycles. The molecule has 0 aromatic carbocycles. The predicted molar refractivity (Wildman–Crippen MR) is 67.7 cm³/mol. The van der Waals surface area contributed by atoms with Gasteiger partial charge >= 0.3 is 5.97 Å². The average Bonchev–Trinajstić information content (AvgIpc) is 2.69. The summed E-state index contributed by atoms with van der Waals surface area (Å²) >= 11 is 0. The van der Waals surface area contributed by atoms with Crippen LogP contribution in [0.15, 0.2) is 0 Å². The highest BCUT2D eigenvalue weighted by Gasteiger charge is 2.31. The first kappa shape index (κ1) is 13.5. The molecule has 0 spiro atoms. The van der Waals surface area contributed by atoms with Gasteiger partial charge in [0.05, 0.1) is 0 Å². The Morgan fingerprint density at radius 2 is 2.21 bits per heavy atom. The zero-order valence-corrected chi connectivity index (χ0v) is 10.6. The number of hydrogen-bond acceptors (Lipinski definition) is 4. The largest absolute Gasteiger partial charge is 0.476 e. The summed E-state index contributed by atoms with van der Waals surface area (Å²) in [5, 5.41) is 13.3. The molecule has 1 aliphatic carbocycles. The van der Waals surface area contributed by atoms with E-state index in [1.807, 2.05) is 0 Å². The number of carboxylic acid groups (broad SMARTS) is 1. The SMILES string of the molecule is NCCC1CCCc2c1c(C(=O)O)nn2CC(N)=O. The number of fused-ring (bicyclic) bond motifs is 1. The maximum absolute atomic E-state index is 11.3. The van der Waals surface area contributed by atoms with Crippen molar-refractivity contribution in [1.82, 2.24) is 9.78 Å². The Hall–Kier alpha value is -1.89. The molecule has 19 heavy (non-hydrogen) atoms. The Morgan fingerprint density at radius 1 is 1.47 bits per heavy atom. The standard InChI is InChI=1S/C12H18N4O3/c13-5-4-7-2-1-3-8-10(7)11(12(18)19)15-16(8)6-9(14)17/h7H,1-6,13H2,(H2,14,17)(H,18,19). The highest BCUT2D eigenvalue weighted by atomic mass is 16.4. The fraction of sp³-hybridized carbons (Fsp3) is 0.583. The second kappa shape index (κ2) is 5.40. The minimum Gasteiger partial charge on any atom is -0.476 e. The Bertz CT molecular complexity index is 509. The second-order valence-electron chi connectivity index (χ2n) is 4.80. The number of primary amides is 1. The van der Waals surface area contributed by atoms with Crippen molar-refractivity contribution in [3.63, 3.8) is 0 Å². The fourth-order valence-corrected chi connectivity index (χ4v) is 2.79. The van der Waals surface area contributed by atoms with Gasteiger partial charge in [0, 0.05) is 11.3 Å². The lowest BCUT2D eigenvalue weighted by atomic mass is 9.83. The van der Waals surface area contributed by atoms with E-state index in [0.717, 1.165) is 36.9 Å². The Labute approximate surface area is 110 Å². The lowest BCUT2D eigenvalue weighted by molar-refractivity contribution is -0.118. The summed E-state index contributed by atoms with van der Waals surface area (Å²) in [5.41, 5.74) is 12.3. The van der Waals surface area contributed by atoms with Crippen LogP contribution in [0.1, 0.15) is 46.9 Å². The molecule has 1 aromatic rings. The third-order valence-corrected chi connectivity index (χ3v) is 3.50. The molecule has 104 valence electrons. The van der Waals surface area contributed by atoms with Gasteiger partial charge in [-0.25, -0.2) is 4.79 Å². The van der Waals surface area contributed by atoms with Crippen LogP contribution in [-0.4, -0.2) is 33.3 Å². The number of carboxylic acids is 1. The lowest BCUT2D eigenvalue weighted by Crippen LogP contribution is -2.22. The van der Waals surface area contributed by atoms with Crippen LogP contribution < -0.4 is 11.5 Å². The van der Waals surface area contributed by atoms with Gasteiger partial charge in [-0.05, 0) is 38.1 Å². The Kier molecular flexibility index (Phi) is 3.84. The van der Waals surface area contributed by atoms with E-state index in [-0.39, 0.29) is 18.2 Å². The van der Waals surface area contributed by atoms with Crippen LogP contribution >= 0.6 is 0 Å². The number of nitrogens with two attached hydrogens (primary N) is 2. The molecule has 0 saturated carbocycles. The van der Waals surface area contributed by atoms with Gasteiger partial charge in [0.15, 0.2) is 5.69 Å². The molecule has 1 aromatic heterocycles. The first-order valence-corrected chi connectivity index (χ1v) is 6.35. The van der Waals surface area contributed by atoms with Crippen LogP contribution in [0, 0.1) is 0 Å². The van der Waals surface area contributed by atoms with Crippen molar-refractivity contribution >= 4 is 11.9 Å². The van der Waals surface area contributed by atoms with Crippen LogP contribution in [0.4, 0.5) is 0 Å². The van der Waals surface area contributed by atoms with E-state index in [1.165, 1.54) is 4.68 Å². The molecule has 0 fully saturated rings. The summed E-state index contributed by atoms with van der Waals surface area (Å²) < 4.78 is 1.43. The topological polar surface area (TPSA) is 124 Å². The molecule has 1 heterocycles. The van der Waals surface area contributed by atoms with Crippen LogP contribution in [-0.2, 0) is 17.8 Å². The van der Waals surface area contributed by atoms with Crippen molar-refractivity contribution in [3.8, 4) is 0 Å². The van der Waals surface area contributed by atoms with Crippen molar-refractivity contribution < 1.29 is 14.7 Å². The number of aromatic carboxylic acids is 1. The van der Waals surface area contributed by atoms with Gasteiger partial charge in [-0.1, -0.05) is 0 Å². The van der Waals surface area contributed by atoms with Crippen LogP contribution in [0.5, 0.6) is 0 Å². The second-order valence-corrected chi connectivity index (χ2v) is 4.80. The van der Waals surface area contributed by atoms with Gasteiger partial charge in [-0.2, -0.15) is 5.10 Å². The molecule has 1 unspecified atom stereocenters. The molecule has 2 rings (SSSR count). The Balaban J connectivity index is 2.48. The number of carbonyl (C=O) groups excluding carboxylic acids is 1. The fourth-order valence-electron chi connectivity index (χ4n) is 2.79. The molecule has 0 bridgehead atoms. The van der Waals surface area contributed by atoms with E-state index in [2.05, 4.69) is 5.10 Å². The number of nitrogens with zero attached hydrogens (tertiary/aromatic N) is 2. The van der Waals surface area contributed by atoms with Crippen LogP contribution in [0.25, 0.3) is 0 Å². The third-order valence-electron chi connectivity index (χ3n) is 3.50. The molecule has 1 atom stereocenters. The van der Waals surface area contributed by atoms with Crippen LogP contribution in [0.2, 0.25) is 0 Å². The number of hydrogen-bond donors (Lipinski definition) is 3. The highest BCUT2D eigenvalue weighted by Crippen LogP contribution is 2.36. The molecular weight excluding hydrogens is 248 g/mol. The van der Waals surface area contributed by atoms with E-state index in [1.54, 1.807) is 0 Å². The summed E-state index contributed by atoms with van der Waals surface area (Å²) in [6.45, 7) is 0.426. The van der Waals surface area contributed by atoms with Crippen molar-refractivity contribution in [3.05, 3.63) is 17.0 Å². The average molecular weight is 266 g/mol. The maximum Gasteiger partial charge on any atom is 0.356 e. The van der Waals surface area contributed by atoms with Crippen molar-refractivity contribution in [2.24, 2.45) is 11.5 Å². The third kappa shape index (κ3) is 2.60. The zero-order valence-electron chi connectivity index (χ0n) is 10.6. The minimum absolute atomic E-state index is 0.0365. The summed E-state index contributed by atoms with van der Waals surface area (Å²) in [6, 6.07) is 0. The molecule has 1 aliphatic rings. The van der Waals surface area contributed by atoms with E-state index in [9.17, 15) is 14.7 Å². The van der Waals surface area contributed by atoms with Gasteiger partial charge in [0.1, 0.15) is 6.54 Å². The van der Waals surface area contributed by atoms with Crippen molar-refractivity contribution in [2.45, 2.75) is 38.1 Å². The first-order valence-electron chi connectivity index (χ1n) is 6.35. The van der Waals surface area contributed by atoms with Crippen LogP contribution in [0.3, 0.4) is 0 Å². The first-order chi connectivity index (χ1) is 9.04. The van der Waals surface area contributed by atoms with E-state index >= 15 is 0 Å². The maximum atomic E-state index is 11.3. The molecule has 0 aliphatic heterocycles. The minimum atomic E-state index is -1.07. The monoisotopic (exact) mass is 266 g/mol. The molecule has 1 amide bonds. The normalized spacial score (nSPS) is 18.1. The predicted octanol–water partition coefficient (Wildman–Crippen LogP) is -0.165. The van der Waals surface area contributed by atoms with E-state index in [0.29, 0.717) is 6.54 Å². The lowest BCUT2D eigenvalue weighted by Gasteiger charge is -2.23. The van der Waals surface area contributed by atoms with Gasteiger partial charge in [0.25, 0.3) is 0 Å². The molecule has 5 N–H and O–H groups in total. The van der Waals surface area contributed by atoms with E-state index in [4.69, 9.17) is 11.5 Å². The van der Waals surface area contributed by atoms with Gasteiger partial charge in [0.2, 0.25) is 5.91 Å². The summed E-state index contributed by atoms with van der Waals surface area (Å²) in [5.74, 6) is -1.48. The quantitative estimate of drug-likeness (QED) is 0.682. The molecule has 7 heteroatoms. The summed E-state index contributed by atoms with van der Waals surface area (Å²) in [4.78, 5) is 22.3. The molecular formula is C12H18N4O3. The van der Waals surface area contributed by atoms with Gasteiger partial charge in [-0.15, -0.1) is 0 Å². The highest BCUT2D eigenvalue weighted by molar-refractivity contribution is 5.88.